The van der Waals surface area contributed by atoms with E-state index >= 15 is 0 Å². The first-order chi connectivity index (χ1) is 12.5. The third-order valence-corrected chi connectivity index (χ3v) is 3.84. The molecule has 0 aromatic heterocycles. The zero-order valence-electron chi connectivity index (χ0n) is 13.9. The van der Waals surface area contributed by atoms with Crippen molar-refractivity contribution in [2.75, 3.05) is 5.32 Å². The molecular weight excluding hydrogens is 328 g/mol. The van der Waals surface area contributed by atoms with Gasteiger partial charge in [-0.1, -0.05) is 42.5 Å². The topological polar surface area (TPSA) is 143 Å². The second kappa shape index (κ2) is 6.94. The number of nitrogens with two attached hydrogens (primary N) is 3. The minimum atomic E-state index is -0.400. The molecule has 8 N–H and O–H groups in total. The number of benzene rings is 3. The van der Waals surface area contributed by atoms with Crippen LogP contribution in [0.25, 0.3) is 10.8 Å². The molecule has 0 atom stereocenters. The van der Waals surface area contributed by atoms with Gasteiger partial charge in [0.2, 0.25) is 0 Å². The lowest BCUT2D eigenvalue weighted by atomic mass is 10.0. The van der Waals surface area contributed by atoms with Crippen LogP contribution in [0, 0.1) is 5.41 Å². The number of hydrogen-bond donors (Lipinski definition) is 5. The Morgan fingerprint density at radius 3 is 2.35 bits per heavy atom. The molecule has 0 unspecified atom stereocenters. The highest BCUT2D eigenvalue weighted by Crippen LogP contribution is 2.27. The van der Waals surface area contributed by atoms with E-state index in [0.29, 0.717) is 22.5 Å². The molecule has 3 aromatic carbocycles. The Bertz CT molecular complexity index is 1040. The minimum Gasteiger partial charge on any atom is -0.384 e. The standard InChI is InChI=1S/C19H18N6O/c20-17(21)16-12-6-2-1-5-11(12)9-10-15(16)24-18(26)13-7-3-4-8-14(13)25-19(22)23/h1-10H,(H3,20,21)(H,24,26)(H4,22,23,25). The zero-order valence-corrected chi connectivity index (χ0v) is 13.9. The highest BCUT2D eigenvalue weighted by molar-refractivity contribution is 6.16. The summed E-state index contributed by atoms with van der Waals surface area (Å²) >= 11 is 0. The molecule has 0 aliphatic carbocycles. The molecular formula is C19H18N6O. The lowest BCUT2D eigenvalue weighted by Gasteiger charge is -2.14. The third-order valence-electron chi connectivity index (χ3n) is 3.84. The number of amidine groups is 1. The number of guanidine groups is 1. The van der Waals surface area contributed by atoms with Crippen LogP contribution >= 0.6 is 0 Å². The van der Waals surface area contributed by atoms with Gasteiger partial charge in [0.15, 0.2) is 5.96 Å². The molecule has 7 nitrogen and oxygen atoms in total. The Morgan fingerprint density at radius 1 is 0.923 bits per heavy atom. The van der Waals surface area contributed by atoms with Gasteiger partial charge < -0.3 is 22.5 Å². The predicted octanol–water partition coefficient (Wildman–Crippen LogP) is 2.28. The fraction of sp³-hybridized carbons (Fsp3) is 0. The van der Waals surface area contributed by atoms with Crippen LogP contribution in [0.5, 0.6) is 0 Å². The van der Waals surface area contributed by atoms with Gasteiger partial charge in [0, 0.05) is 5.56 Å². The van der Waals surface area contributed by atoms with Crippen molar-refractivity contribution in [3.63, 3.8) is 0 Å². The number of para-hydroxylation sites is 1. The Hall–Kier alpha value is -3.87. The van der Waals surface area contributed by atoms with E-state index in [1.165, 1.54) is 0 Å². The quantitative estimate of drug-likeness (QED) is 0.364. The first kappa shape index (κ1) is 17.0. The molecule has 0 aliphatic heterocycles. The van der Waals surface area contributed by atoms with E-state index in [1.54, 1.807) is 30.3 Å². The summed E-state index contributed by atoms with van der Waals surface area (Å²) < 4.78 is 0. The van der Waals surface area contributed by atoms with Gasteiger partial charge in [-0.05, 0) is 29.0 Å². The maximum absolute atomic E-state index is 12.8. The molecule has 1 amide bonds. The SMILES string of the molecule is N=C(N)c1c(NC(=O)c2ccccc2N=C(N)N)ccc2ccccc12. The van der Waals surface area contributed by atoms with E-state index in [0.717, 1.165) is 10.8 Å². The summed E-state index contributed by atoms with van der Waals surface area (Å²) in [6.45, 7) is 0. The third kappa shape index (κ3) is 3.32. The van der Waals surface area contributed by atoms with Gasteiger partial charge >= 0.3 is 0 Å². The normalized spacial score (nSPS) is 10.3. The molecule has 130 valence electrons. The molecule has 0 radical (unpaired) electrons. The minimum absolute atomic E-state index is 0.130. The summed E-state index contributed by atoms with van der Waals surface area (Å²) in [6, 6.07) is 17.8. The van der Waals surface area contributed by atoms with Crippen molar-refractivity contribution in [1.82, 2.24) is 0 Å². The van der Waals surface area contributed by atoms with Gasteiger partial charge in [0.1, 0.15) is 5.84 Å². The number of hydrogen-bond acceptors (Lipinski definition) is 3. The molecule has 0 saturated carbocycles. The number of aliphatic imine (C=N–C) groups is 1. The van der Waals surface area contributed by atoms with Crippen molar-refractivity contribution in [2.45, 2.75) is 0 Å². The molecule has 0 bridgehead atoms. The average molecular weight is 346 g/mol. The number of nitrogens with one attached hydrogen (secondary N) is 2. The highest BCUT2D eigenvalue weighted by atomic mass is 16.1. The number of anilines is 1. The van der Waals surface area contributed by atoms with Gasteiger partial charge in [-0.3, -0.25) is 10.2 Å². The highest BCUT2D eigenvalue weighted by Gasteiger charge is 2.16. The average Bonchev–Trinajstić information content (AvgIpc) is 2.61. The van der Waals surface area contributed by atoms with Crippen LogP contribution in [0.4, 0.5) is 11.4 Å². The molecule has 0 saturated heterocycles. The van der Waals surface area contributed by atoms with E-state index in [9.17, 15) is 4.79 Å². The van der Waals surface area contributed by atoms with Crippen LogP contribution in [0.1, 0.15) is 15.9 Å². The maximum atomic E-state index is 12.8. The van der Waals surface area contributed by atoms with E-state index < -0.39 is 5.91 Å². The Labute approximate surface area is 150 Å². The molecule has 0 aliphatic rings. The smallest absolute Gasteiger partial charge is 0.257 e. The largest absolute Gasteiger partial charge is 0.384 e. The molecule has 26 heavy (non-hydrogen) atoms. The molecule has 3 aromatic rings. The van der Waals surface area contributed by atoms with Gasteiger partial charge in [-0.2, -0.15) is 0 Å². The van der Waals surface area contributed by atoms with Crippen molar-refractivity contribution >= 4 is 39.8 Å². The maximum Gasteiger partial charge on any atom is 0.257 e. The van der Waals surface area contributed by atoms with Crippen molar-refractivity contribution in [3.8, 4) is 0 Å². The summed E-state index contributed by atoms with van der Waals surface area (Å²) in [6.07, 6.45) is 0. The second-order valence-electron chi connectivity index (χ2n) is 5.63. The van der Waals surface area contributed by atoms with E-state index in [2.05, 4.69) is 10.3 Å². The lowest BCUT2D eigenvalue weighted by Crippen LogP contribution is -2.22. The van der Waals surface area contributed by atoms with Gasteiger partial charge in [0.25, 0.3) is 5.91 Å². The summed E-state index contributed by atoms with van der Waals surface area (Å²) in [5.41, 5.74) is 18.2. The lowest BCUT2D eigenvalue weighted by molar-refractivity contribution is 0.102. The summed E-state index contributed by atoms with van der Waals surface area (Å²) in [7, 11) is 0. The Morgan fingerprint density at radius 2 is 1.62 bits per heavy atom. The molecule has 0 fully saturated rings. The first-order valence-corrected chi connectivity index (χ1v) is 7.83. The molecule has 0 spiro atoms. The monoisotopic (exact) mass is 346 g/mol. The van der Waals surface area contributed by atoms with Gasteiger partial charge in [0.05, 0.1) is 16.9 Å². The number of carbonyl (C=O) groups excluding carboxylic acids is 1. The van der Waals surface area contributed by atoms with E-state index in [-0.39, 0.29) is 11.8 Å². The van der Waals surface area contributed by atoms with Crippen LogP contribution in [0.3, 0.4) is 0 Å². The Kier molecular flexibility index (Phi) is 4.53. The number of amides is 1. The van der Waals surface area contributed by atoms with E-state index in [1.807, 2.05) is 30.3 Å². The number of fused-ring (bicyclic) bond motifs is 1. The fourth-order valence-corrected chi connectivity index (χ4v) is 2.76. The Balaban J connectivity index is 2.05. The van der Waals surface area contributed by atoms with Crippen LogP contribution in [-0.4, -0.2) is 17.7 Å². The van der Waals surface area contributed by atoms with Crippen LogP contribution < -0.4 is 22.5 Å². The van der Waals surface area contributed by atoms with Crippen molar-refractivity contribution in [2.24, 2.45) is 22.2 Å². The second-order valence-corrected chi connectivity index (χ2v) is 5.63. The first-order valence-electron chi connectivity index (χ1n) is 7.83. The van der Waals surface area contributed by atoms with E-state index in [4.69, 9.17) is 22.6 Å². The zero-order chi connectivity index (χ0) is 18.7. The predicted molar refractivity (Wildman–Crippen MR) is 105 cm³/mol. The van der Waals surface area contributed by atoms with Crippen molar-refractivity contribution < 1.29 is 4.79 Å². The summed E-state index contributed by atoms with van der Waals surface area (Å²) in [4.78, 5) is 16.7. The van der Waals surface area contributed by atoms with Crippen LogP contribution in [0.2, 0.25) is 0 Å². The molecule has 3 rings (SSSR count). The van der Waals surface area contributed by atoms with Crippen LogP contribution in [0.15, 0.2) is 65.7 Å². The molecule has 0 heterocycles. The van der Waals surface area contributed by atoms with Crippen molar-refractivity contribution in [1.29, 1.82) is 5.41 Å². The number of rotatable bonds is 4. The number of nitrogens with zero attached hydrogens (tertiary/aromatic N) is 1. The van der Waals surface area contributed by atoms with Gasteiger partial charge in [-0.15, -0.1) is 0 Å². The molecule has 7 heteroatoms. The fourth-order valence-electron chi connectivity index (χ4n) is 2.76. The number of carbonyl (C=O) groups is 1. The van der Waals surface area contributed by atoms with Crippen LogP contribution in [-0.2, 0) is 0 Å². The van der Waals surface area contributed by atoms with Gasteiger partial charge in [-0.25, -0.2) is 4.99 Å². The summed E-state index contributed by atoms with van der Waals surface area (Å²) in [5, 5.41) is 12.4. The summed E-state index contributed by atoms with van der Waals surface area (Å²) in [5.74, 6) is -0.668. The number of nitrogen functional groups attached to an aromatic ring is 1. The van der Waals surface area contributed by atoms with Crippen molar-refractivity contribution in [3.05, 3.63) is 71.8 Å².